The van der Waals surface area contributed by atoms with Crippen molar-refractivity contribution >= 4 is 5.91 Å². The summed E-state index contributed by atoms with van der Waals surface area (Å²) in [6.07, 6.45) is 2.98. The number of hydrogen-bond acceptors (Lipinski definition) is 4. The molecule has 0 aromatic carbocycles. The van der Waals surface area contributed by atoms with Crippen LogP contribution in [0.25, 0.3) is 0 Å². The quantitative estimate of drug-likeness (QED) is 0.843. The molecule has 0 saturated carbocycles. The molecule has 0 aliphatic heterocycles. The number of H-pyrrole nitrogens is 1. The van der Waals surface area contributed by atoms with Gasteiger partial charge in [-0.2, -0.15) is 0 Å². The molecule has 1 amide bonds. The van der Waals surface area contributed by atoms with Gasteiger partial charge in [0.1, 0.15) is 11.6 Å². The van der Waals surface area contributed by atoms with Gasteiger partial charge in [0.2, 0.25) is 0 Å². The van der Waals surface area contributed by atoms with Gasteiger partial charge >= 0.3 is 0 Å². The second-order valence-electron chi connectivity index (χ2n) is 3.90. The zero-order valence-electron chi connectivity index (χ0n) is 9.94. The van der Waals surface area contributed by atoms with Crippen molar-refractivity contribution in [3.05, 3.63) is 35.6 Å². The van der Waals surface area contributed by atoms with Crippen molar-refractivity contribution in [2.75, 3.05) is 0 Å². The SMILES string of the molecule is Cc1cnc(C(C)NC(=O)c2ncoc2C)[nH]1. The summed E-state index contributed by atoms with van der Waals surface area (Å²) in [5, 5.41) is 2.80. The van der Waals surface area contributed by atoms with Gasteiger partial charge in [-0.25, -0.2) is 9.97 Å². The van der Waals surface area contributed by atoms with E-state index in [4.69, 9.17) is 4.42 Å². The summed E-state index contributed by atoms with van der Waals surface area (Å²) < 4.78 is 4.98. The van der Waals surface area contributed by atoms with Gasteiger partial charge in [-0.15, -0.1) is 0 Å². The third-order valence-electron chi connectivity index (χ3n) is 2.44. The van der Waals surface area contributed by atoms with Crippen LogP contribution in [-0.2, 0) is 0 Å². The predicted octanol–water partition coefficient (Wildman–Crippen LogP) is 1.51. The van der Waals surface area contributed by atoms with Crippen molar-refractivity contribution in [2.24, 2.45) is 0 Å². The summed E-state index contributed by atoms with van der Waals surface area (Å²) in [6.45, 7) is 5.46. The molecule has 0 aliphatic rings. The van der Waals surface area contributed by atoms with Crippen LogP contribution in [0.4, 0.5) is 0 Å². The molecule has 1 atom stereocenters. The Kier molecular flexibility index (Phi) is 2.95. The highest BCUT2D eigenvalue weighted by atomic mass is 16.3. The van der Waals surface area contributed by atoms with Crippen molar-refractivity contribution in [1.82, 2.24) is 20.3 Å². The maximum atomic E-state index is 11.8. The van der Waals surface area contributed by atoms with Crippen LogP contribution < -0.4 is 5.32 Å². The standard InChI is InChI=1S/C11H14N4O2/c1-6-4-12-10(14-6)7(2)15-11(16)9-8(3)17-5-13-9/h4-5,7H,1-3H3,(H,12,14)(H,15,16). The van der Waals surface area contributed by atoms with E-state index in [0.29, 0.717) is 11.5 Å². The molecule has 0 fully saturated rings. The number of hydrogen-bond donors (Lipinski definition) is 2. The van der Waals surface area contributed by atoms with Crippen LogP contribution in [0.2, 0.25) is 0 Å². The molecular formula is C11H14N4O2. The number of nitrogens with zero attached hydrogens (tertiary/aromatic N) is 2. The van der Waals surface area contributed by atoms with Gasteiger partial charge in [-0.1, -0.05) is 0 Å². The number of imidazole rings is 1. The first-order valence-electron chi connectivity index (χ1n) is 5.30. The molecule has 0 aliphatic carbocycles. The van der Waals surface area contributed by atoms with E-state index in [1.54, 1.807) is 13.1 Å². The monoisotopic (exact) mass is 234 g/mol. The zero-order valence-corrected chi connectivity index (χ0v) is 9.94. The van der Waals surface area contributed by atoms with Crippen LogP contribution >= 0.6 is 0 Å². The Morgan fingerprint density at radius 2 is 2.24 bits per heavy atom. The Hall–Kier alpha value is -2.11. The maximum absolute atomic E-state index is 11.8. The van der Waals surface area contributed by atoms with Gasteiger partial charge in [-0.3, -0.25) is 4.79 Å². The van der Waals surface area contributed by atoms with Crippen LogP contribution in [0.15, 0.2) is 17.0 Å². The van der Waals surface area contributed by atoms with Gasteiger partial charge in [0.25, 0.3) is 5.91 Å². The third kappa shape index (κ3) is 2.35. The van der Waals surface area contributed by atoms with Crippen LogP contribution in [0, 0.1) is 13.8 Å². The molecule has 0 radical (unpaired) electrons. The number of rotatable bonds is 3. The number of carbonyl (C=O) groups is 1. The van der Waals surface area contributed by atoms with E-state index >= 15 is 0 Å². The lowest BCUT2D eigenvalue weighted by Gasteiger charge is -2.10. The van der Waals surface area contributed by atoms with Gasteiger partial charge in [0.05, 0.1) is 6.04 Å². The summed E-state index contributed by atoms with van der Waals surface area (Å²) in [7, 11) is 0. The van der Waals surface area contributed by atoms with E-state index < -0.39 is 0 Å². The molecule has 2 rings (SSSR count). The van der Waals surface area contributed by atoms with Crippen LogP contribution in [0.3, 0.4) is 0 Å². The fraction of sp³-hybridized carbons (Fsp3) is 0.364. The first-order chi connectivity index (χ1) is 8.08. The average molecular weight is 234 g/mol. The van der Waals surface area contributed by atoms with Crippen LogP contribution in [-0.4, -0.2) is 20.9 Å². The Labute approximate surface area is 98.5 Å². The lowest BCUT2D eigenvalue weighted by Crippen LogP contribution is -2.28. The van der Waals surface area contributed by atoms with Crippen molar-refractivity contribution < 1.29 is 9.21 Å². The fourth-order valence-corrected chi connectivity index (χ4v) is 1.51. The Morgan fingerprint density at radius 3 is 2.76 bits per heavy atom. The molecule has 2 N–H and O–H groups in total. The van der Waals surface area contributed by atoms with Crippen molar-refractivity contribution in [3.63, 3.8) is 0 Å². The van der Waals surface area contributed by atoms with Gasteiger partial charge in [-0.05, 0) is 20.8 Å². The highest BCUT2D eigenvalue weighted by molar-refractivity contribution is 5.93. The molecule has 0 saturated heterocycles. The van der Waals surface area contributed by atoms with Crippen molar-refractivity contribution in [3.8, 4) is 0 Å². The molecule has 2 aromatic rings. The first kappa shape index (κ1) is 11.4. The molecule has 6 heteroatoms. The number of nitrogens with one attached hydrogen (secondary N) is 2. The molecule has 0 bridgehead atoms. The summed E-state index contributed by atoms with van der Waals surface area (Å²) in [4.78, 5) is 22.9. The largest absolute Gasteiger partial charge is 0.448 e. The minimum absolute atomic E-state index is 0.202. The molecule has 0 spiro atoms. The second kappa shape index (κ2) is 4.40. The molecule has 17 heavy (non-hydrogen) atoms. The molecule has 1 unspecified atom stereocenters. The van der Waals surface area contributed by atoms with Crippen molar-refractivity contribution in [2.45, 2.75) is 26.8 Å². The number of carbonyl (C=O) groups excluding carboxylic acids is 1. The first-order valence-corrected chi connectivity index (χ1v) is 5.30. The molecular weight excluding hydrogens is 220 g/mol. The summed E-state index contributed by atoms with van der Waals surface area (Å²) in [6, 6.07) is -0.202. The number of aromatic nitrogens is 3. The summed E-state index contributed by atoms with van der Waals surface area (Å²) in [5.74, 6) is 0.958. The fourth-order valence-electron chi connectivity index (χ4n) is 1.51. The lowest BCUT2D eigenvalue weighted by molar-refractivity contribution is 0.0932. The molecule has 6 nitrogen and oxygen atoms in total. The number of aryl methyl sites for hydroxylation is 2. The van der Waals surface area contributed by atoms with E-state index in [-0.39, 0.29) is 11.9 Å². The molecule has 90 valence electrons. The summed E-state index contributed by atoms with van der Waals surface area (Å²) in [5.41, 5.74) is 1.26. The van der Waals surface area contributed by atoms with E-state index in [0.717, 1.165) is 11.5 Å². The zero-order chi connectivity index (χ0) is 12.4. The van der Waals surface area contributed by atoms with E-state index in [2.05, 4.69) is 20.3 Å². The number of oxazole rings is 1. The average Bonchev–Trinajstić information content (AvgIpc) is 2.86. The molecule has 2 heterocycles. The maximum Gasteiger partial charge on any atom is 0.274 e. The van der Waals surface area contributed by atoms with E-state index in [9.17, 15) is 4.79 Å². The van der Waals surface area contributed by atoms with Gasteiger partial charge in [0.15, 0.2) is 12.1 Å². The Morgan fingerprint density at radius 1 is 1.47 bits per heavy atom. The summed E-state index contributed by atoms with van der Waals surface area (Å²) >= 11 is 0. The van der Waals surface area contributed by atoms with Crippen molar-refractivity contribution in [1.29, 1.82) is 0 Å². The minimum atomic E-state index is -0.266. The normalized spacial score (nSPS) is 12.4. The Bertz CT molecular complexity index is 529. The highest BCUT2D eigenvalue weighted by Crippen LogP contribution is 2.10. The highest BCUT2D eigenvalue weighted by Gasteiger charge is 2.17. The third-order valence-corrected chi connectivity index (χ3v) is 2.44. The van der Waals surface area contributed by atoms with E-state index in [1.807, 2.05) is 13.8 Å². The number of aromatic amines is 1. The minimum Gasteiger partial charge on any atom is -0.448 e. The lowest BCUT2D eigenvalue weighted by atomic mass is 10.3. The molecule has 2 aromatic heterocycles. The smallest absolute Gasteiger partial charge is 0.274 e. The second-order valence-corrected chi connectivity index (χ2v) is 3.90. The van der Waals surface area contributed by atoms with Gasteiger partial charge < -0.3 is 14.7 Å². The van der Waals surface area contributed by atoms with E-state index in [1.165, 1.54) is 6.39 Å². The van der Waals surface area contributed by atoms with Crippen LogP contribution in [0.5, 0.6) is 0 Å². The topological polar surface area (TPSA) is 83.8 Å². The van der Waals surface area contributed by atoms with Crippen LogP contribution in [0.1, 0.15) is 40.7 Å². The predicted molar refractivity (Wildman–Crippen MR) is 60.4 cm³/mol. The number of amides is 1. The van der Waals surface area contributed by atoms with Gasteiger partial charge in [0, 0.05) is 11.9 Å². The Balaban J connectivity index is 2.07.